The van der Waals surface area contributed by atoms with Gasteiger partial charge < -0.3 is 15.2 Å². The highest BCUT2D eigenvalue weighted by Crippen LogP contribution is 2.12. The highest BCUT2D eigenvalue weighted by Gasteiger charge is 2.05. The Labute approximate surface area is 127 Å². The van der Waals surface area contributed by atoms with Crippen molar-refractivity contribution in [3.8, 4) is 0 Å². The zero-order valence-electron chi connectivity index (χ0n) is 12.5. The molecule has 8 heteroatoms. The Hall–Kier alpha value is -1.96. The molecule has 7 nitrogen and oxygen atoms in total. The summed E-state index contributed by atoms with van der Waals surface area (Å²) < 4.78 is 5.04. The molecule has 2 heterocycles. The van der Waals surface area contributed by atoms with Crippen molar-refractivity contribution in [3.05, 3.63) is 27.8 Å². The number of hydrogen-bond acceptors (Lipinski definition) is 6. The van der Waals surface area contributed by atoms with Gasteiger partial charge in [-0.2, -0.15) is 4.98 Å². The van der Waals surface area contributed by atoms with Gasteiger partial charge in [-0.15, -0.1) is 11.3 Å². The highest BCUT2D eigenvalue weighted by atomic mass is 32.1. The zero-order chi connectivity index (χ0) is 15.1. The lowest BCUT2D eigenvalue weighted by molar-refractivity contribution is 0.376. The molecule has 0 atom stereocenters. The van der Waals surface area contributed by atoms with Gasteiger partial charge in [0.15, 0.2) is 11.8 Å². The predicted octanol–water partition coefficient (Wildman–Crippen LogP) is 1.65. The Balaban J connectivity index is 1.91. The van der Waals surface area contributed by atoms with Crippen molar-refractivity contribution in [2.24, 2.45) is 4.99 Å². The summed E-state index contributed by atoms with van der Waals surface area (Å²) in [4.78, 5) is 14.2. The van der Waals surface area contributed by atoms with E-state index in [2.05, 4.69) is 37.7 Å². The lowest BCUT2D eigenvalue weighted by Crippen LogP contribution is -2.36. The van der Waals surface area contributed by atoms with Crippen LogP contribution in [0.25, 0.3) is 0 Å². The molecule has 0 bridgehead atoms. The van der Waals surface area contributed by atoms with E-state index < -0.39 is 0 Å². The number of thiazole rings is 1. The monoisotopic (exact) mass is 308 g/mol. The van der Waals surface area contributed by atoms with Crippen LogP contribution < -0.4 is 10.6 Å². The van der Waals surface area contributed by atoms with Crippen LogP contribution in [0.15, 0.2) is 15.7 Å². The second-order valence-electron chi connectivity index (χ2n) is 4.36. The number of nitrogens with zero attached hydrogens (tertiary/aromatic N) is 4. The quantitative estimate of drug-likeness (QED) is 0.623. The number of rotatable bonds is 6. The summed E-state index contributed by atoms with van der Waals surface area (Å²) in [5, 5.41) is 11.2. The molecule has 0 aliphatic rings. The molecule has 0 fully saturated rings. The van der Waals surface area contributed by atoms with E-state index in [-0.39, 0.29) is 0 Å². The van der Waals surface area contributed by atoms with Gasteiger partial charge in [0, 0.05) is 17.6 Å². The fraction of sp³-hybridized carbons (Fsp3) is 0.538. The molecule has 2 N–H and O–H groups in total. The van der Waals surface area contributed by atoms with Crippen molar-refractivity contribution >= 4 is 17.3 Å². The maximum Gasteiger partial charge on any atom is 0.248 e. The third-order valence-corrected chi connectivity index (χ3v) is 3.78. The molecule has 0 aliphatic carbocycles. The van der Waals surface area contributed by atoms with Crippen LogP contribution in [-0.4, -0.2) is 27.6 Å². The van der Waals surface area contributed by atoms with Crippen LogP contribution >= 0.6 is 11.3 Å². The normalized spacial score (nSPS) is 11.7. The van der Waals surface area contributed by atoms with E-state index in [0.29, 0.717) is 30.8 Å². The molecule has 0 saturated carbocycles. The van der Waals surface area contributed by atoms with Gasteiger partial charge in [-0.1, -0.05) is 12.1 Å². The van der Waals surface area contributed by atoms with Crippen molar-refractivity contribution in [2.75, 3.05) is 6.54 Å². The molecule has 2 aromatic rings. The molecular weight excluding hydrogens is 288 g/mol. The molecule has 0 amide bonds. The van der Waals surface area contributed by atoms with Crippen LogP contribution in [0, 0.1) is 6.92 Å². The van der Waals surface area contributed by atoms with Crippen molar-refractivity contribution < 1.29 is 4.52 Å². The summed E-state index contributed by atoms with van der Waals surface area (Å²) in [5.41, 5.74) is 0. The second kappa shape index (κ2) is 7.72. The third-order valence-electron chi connectivity index (χ3n) is 2.64. The first-order chi connectivity index (χ1) is 10.2. The minimum absolute atomic E-state index is 0.355. The summed E-state index contributed by atoms with van der Waals surface area (Å²) in [5.74, 6) is 1.84. The van der Waals surface area contributed by atoms with E-state index in [1.54, 1.807) is 18.3 Å². The van der Waals surface area contributed by atoms with Gasteiger partial charge in [0.05, 0.1) is 6.54 Å². The molecular formula is C13H20N6OS. The van der Waals surface area contributed by atoms with E-state index in [4.69, 9.17) is 4.52 Å². The Morgan fingerprint density at radius 1 is 1.38 bits per heavy atom. The highest BCUT2D eigenvalue weighted by molar-refractivity contribution is 7.11. The fourth-order valence-corrected chi connectivity index (χ4v) is 2.45. The van der Waals surface area contributed by atoms with Crippen molar-refractivity contribution in [2.45, 2.75) is 40.3 Å². The number of aromatic nitrogens is 3. The molecule has 2 aromatic heterocycles. The van der Waals surface area contributed by atoms with Gasteiger partial charge in [-0.05, 0) is 20.3 Å². The van der Waals surface area contributed by atoms with Gasteiger partial charge in [-0.3, -0.25) is 0 Å². The molecule has 0 radical (unpaired) electrons. The smallest absolute Gasteiger partial charge is 0.248 e. The van der Waals surface area contributed by atoms with Crippen LogP contribution in [0.2, 0.25) is 0 Å². The lowest BCUT2D eigenvalue weighted by atomic mass is 10.4. The average Bonchev–Trinajstić information content (AvgIpc) is 3.10. The summed E-state index contributed by atoms with van der Waals surface area (Å²) in [6, 6.07) is 0. The van der Waals surface area contributed by atoms with Gasteiger partial charge in [0.1, 0.15) is 11.6 Å². The number of aryl methyl sites for hydroxylation is 2. The summed E-state index contributed by atoms with van der Waals surface area (Å²) in [6.07, 6.45) is 2.94. The first-order valence-corrected chi connectivity index (χ1v) is 7.77. The molecule has 21 heavy (non-hydrogen) atoms. The molecule has 0 unspecified atom stereocenters. The maximum atomic E-state index is 5.04. The Bertz CT molecular complexity index is 591. The van der Waals surface area contributed by atoms with Gasteiger partial charge in [0.25, 0.3) is 0 Å². The summed E-state index contributed by atoms with van der Waals surface area (Å²) in [7, 11) is 0. The van der Waals surface area contributed by atoms with E-state index in [1.807, 2.05) is 13.1 Å². The van der Waals surface area contributed by atoms with E-state index in [0.717, 1.165) is 18.0 Å². The summed E-state index contributed by atoms with van der Waals surface area (Å²) >= 11 is 1.71. The van der Waals surface area contributed by atoms with Crippen LogP contribution in [-0.2, 0) is 19.5 Å². The Kier molecular flexibility index (Phi) is 5.68. The molecule has 114 valence electrons. The summed E-state index contributed by atoms with van der Waals surface area (Å²) in [6.45, 7) is 7.73. The van der Waals surface area contributed by atoms with Gasteiger partial charge in [0.2, 0.25) is 5.89 Å². The molecule has 0 aromatic carbocycles. The lowest BCUT2D eigenvalue weighted by Gasteiger charge is -2.09. The number of guanidine groups is 1. The first-order valence-electron chi connectivity index (χ1n) is 6.96. The minimum atomic E-state index is 0.355. The van der Waals surface area contributed by atoms with Crippen molar-refractivity contribution in [3.63, 3.8) is 0 Å². The fourth-order valence-electron chi connectivity index (χ4n) is 1.65. The van der Waals surface area contributed by atoms with Gasteiger partial charge >= 0.3 is 0 Å². The Morgan fingerprint density at radius 2 is 2.24 bits per heavy atom. The Morgan fingerprint density at radius 3 is 2.86 bits per heavy atom. The number of aliphatic imine (C=N–C) groups is 1. The molecule has 0 saturated heterocycles. The number of nitrogens with one attached hydrogen (secondary N) is 2. The second-order valence-corrected chi connectivity index (χ2v) is 5.56. The largest absolute Gasteiger partial charge is 0.357 e. The van der Waals surface area contributed by atoms with Gasteiger partial charge in [-0.25, -0.2) is 9.98 Å². The van der Waals surface area contributed by atoms with E-state index >= 15 is 0 Å². The topological polar surface area (TPSA) is 88.2 Å². The van der Waals surface area contributed by atoms with Crippen LogP contribution in [0.3, 0.4) is 0 Å². The minimum Gasteiger partial charge on any atom is -0.357 e. The predicted molar refractivity (Wildman–Crippen MR) is 82.2 cm³/mol. The molecule has 0 aliphatic heterocycles. The van der Waals surface area contributed by atoms with Crippen LogP contribution in [0.4, 0.5) is 0 Å². The SMILES string of the molecule is CCNC(=NCc1nc(C)no1)NCc1ncc(CC)s1. The third kappa shape index (κ3) is 4.82. The zero-order valence-corrected chi connectivity index (χ0v) is 13.3. The number of hydrogen-bond donors (Lipinski definition) is 2. The standard InChI is InChI=1S/C13H20N6OS/c1-4-10-6-15-12(21-10)8-17-13(14-5-2)16-7-11-18-9(3)19-20-11/h6H,4-5,7-8H2,1-3H3,(H2,14,16,17). The van der Waals surface area contributed by atoms with Crippen molar-refractivity contribution in [1.29, 1.82) is 0 Å². The van der Waals surface area contributed by atoms with Crippen molar-refractivity contribution in [1.82, 2.24) is 25.8 Å². The maximum absolute atomic E-state index is 5.04. The van der Waals surface area contributed by atoms with Crippen LogP contribution in [0.5, 0.6) is 0 Å². The molecule has 2 rings (SSSR count). The van der Waals surface area contributed by atoms with Crippen LogP contribution in [0.1, 0.15) is 35.4 Å². The van der Waals surface area contributed by atoms with E-state index in [1.165, 1.54) is 4.88 Å². The average molecular weight is 308 g/mol. The first kappa shape index (κ1) is 15.4. The molecule has 0 spiro atoms. The van der Waals surface area contributed by atoms with E-state index in [9.17, 15) is 0 Å².